The first-order valence-electron chi connectivity index (χ1n) is 10.3. The number of carbonyl (C=O) groups excluding carboxylic acids is 1. The summed E-state index contributed by atoms with van der Waals surface area (Å²) in [6.45, 7) is 10.0. The number of allylic oxidation sites excluding steroid dienone is 1. The molecule has 0 spiro atoms. The van der Waals surface area contributed by atoms with Crippen LogP contribution in [0, 0.1) is 18.8 Å². The average Bonchev–Trinajstić information content (AvgIpc) is 2.97. The summed E-state index contributed by atoms with van der Waals surface area (Å²) in [5.74, 6) is -0.810. The Hall–Kier alpha value is -1.95. The average molecular weight is 401 g/mol. The van der Waals surface area contributed by atoms with Crippen LogP contribution in [0.3, 0.4) is 0 Å². The highest BCUT2D eigenvalue weighted by atomic mass is 16.8. The van der Waals surface area contributed by atoms with Crippen molar-refractivity contribution in [3.05, 3.63) is 53.1 Å². The molecule has 2 aliphatic rings. The molecule has 158 valence electrons. The van der Waals surface area contributed by atoms with Crippen LogP contribution in [0.15, 0.2) is 36.4 Å². The summed E-state index contributed by atoms with van der Waals surface area (Å²) in [5.41, 5.74) is 2.30. The Morgan fingerprint density at radius 3 is 2.66 bits per heavy atom. The predicted octanol–water partition coefficient (Wildman–Crippen LogP) is 4.28. The van der Waals surface area contributed by atoms with Gasteiger partial charge in [-0.25, -0.2) is 4.79 Å². The number of esters is 1. The lowest BCUT2D eigenvalue weighted by Gasteiger charge is -2.21. The molecule has 0 saturated carbocycles. The summed E-state index contributed by atoms with van der Waals surface area (Å²) in [6, 6.07) is 5.76. The quantitative estimate of drug-likeness (QED) is 0.520. The number of hydrogen-bond acceptors (Lipinski definition) is 5. The molecular formula is C24H32O5. The minimum atomic E-state index is -0.771. The smallest absolute Gasteiger partial charge is 0.339 e. The van der Waals surface area contributed by atoms with Gasteiger partial charge < -0.3 is 19.3 Å². The minimum absolute atomic E-state index is 0.114. The van der Waals surface area contributed by atoms with Gasteiger partial charge >= 0.3 is 5.97 Å². The molecule has 0 bridgehead atoms. The van der Waals surface area contributed by atoms with Gasteiger partial charge in [-0.2, -0.15) is 0 Å². The summed E-state index contributed by atoms with van der Waals surface area (Å²) >= 11 is 0. The zero-order chi connectivity index (χ0) is 21.2. The van der Waals surface area contributed by atoms with E-state index in [2.05, 4.69) is 0 Å². The summed E-state index contributed by atoms with van der Waals surface area (Å²) < 4.78 is 17.6. The largest absolute Gasteiger partial charge is 0.462 e. The van der Waals surface area contributed by atoms with Crippen LogP contribution in [0.4, 0.5) is 0 Å². The monoisotopic (exact) mass is 400 g/mol. The second kappa shape index (κ2) is 8.82. The number of hydrogen-bond donors (Lipinski definition) is 1. The van der Waals surface area contributed by atoms with Crippen LogP contribution < -0.4 is 0 Å². The van der Waals surface area contributed by atoms with Crippen molar-refractivity contribution in [3.63, 3.8) is 0 Å². The third-order valence-corrected chi connectivity index (χ3v) is 5.72. The fraction of sp³-hybridized carbons (Fsp3) is 0.542. The van der Waals surface area contributed by atoms with E-state index in [0.717, 1.165) is 11.1 Å². The van der Waals surface area contributed by atoms with Crippen molar-refractivity contribution < 1.29 is 24.1 Å². The Labute approximate surface area is 173 Å². The van der Waals surface area contributed by atoms with Crippen molar-refractivity contribution in [1.29, 1.82) is 0 Å². The van der Waals surface area contributed by atoms with Gasteiger partial charge in [0.05, 0.1) is 18.3 Å². The summed E-state index contributed by atoms with van der Waals surface area (Å²) in [5, 5.41) is 10.7. The molecule has 0 aromatic heterocycles. The molecular weight excluding hydrogens is 368 g/mol. The zero-order valence-corrected chi connectivity index (χ0v) is 17.9. The van der Waals surface area contributed by atoms with Crippen LogP contribution in [0.2, 0.25) is 0 Å². The van der Waals surface area contributed by atoms with Gasteiger partial charge in [0, 0.05) is 0 Å². The van der Waals surface area contributed by atoms with Gasteiger partial charge in [-0.05, 0) is 50.2 Å². The van der Waals surface area contributed by atoms with E-state index in [1.54, 1.807) is 6.08 Å². The maximum Gasteiger partial charge on any atom is 0.339 e. The van der Waals surface area contributed by atoms with Gasteiger partial charge in [-0.3, -0.25) is 0 Å². The van der Waals surface area contributed by atoms with Crippen molar-refractivity contribution in [1.82, 2.24) is 0 Å². The van der Waals surface area contributed by atoms with Gasteiger partial charge in [0.15, 0.2) is 5.79 Å². The summed E-state index contributed by atoms with van der Waals surface area (Å²) in [7, 11) is 0. The van der Waals surface area contributed by atoms with E-state index in [4.69, 9.17) is 14.2 Å². The SMILES string of the molecule is Cc1cccc2c1C(=O)OC[C@H](C)[C@H](C)/C=C\C(O)[C@H]1OC(C)(C)O[C@H]1C/C=C/2. The van der Waals surface area contributed by atoms with Crippen molar-refractivity contribution in [2.75, 3.05) is 6.61 Å². The molecule has 29 heavy (non-hydrogen) atoms. The fourth-order valence-electron chi connectivity index (χ4n) is 3.79. The lowest BCUT2D eigenvalue weighted by atomic mass is 9.95. The Morgan fingerprint density at radius 2 is 1.90 bits per heavy atom. The van der Waals surface area contributed by atoms with Gasteiger partial charge in [-0.15, -0.1) is 0 Å². The normalized spacial score (nSPS) is 34.8. The molecule has 3 rings (SSSR count). The Balaban J connectivity index is 1.95. The van der Waals surface area contributed by atoms with Crippen molar-refractivity contribution in [3.8, 4) is 0 Å². The Morgan fingerprint density at radius 1 is 1.14 bits per heavy atom. The van der Waals surface area contributed by atoms with Crippen molar-refractivity contribution in [2.24, 2.45) is 11.8 Å². The second-order valence-corrected chi connectivity index (χ2v) is 8.63. The first kappa shape index (κ1) is 21.8. The number of ether oxygens (including phenoxy) is 3. The Kier molecular flexibility index (Phi) is 6.62. The fourth-order valence-corrected chi connectivity index (χ4v) is 3.79. The van der Waals surface area contributed by atoms with Crippen LogP contribution in [0.5, 0.6) is 0 Å². The molecule has 5 atom stereocenters. The zero-order valence-electron chi connectivity index (χ0n) is 17.9. The topological polar surface area (TPSA) is 65.0 Å². The molecule has 1 N–H and O–H groups in total. The maximum atomic E-state index is 12.8. The van der Waals surface area contributed by atoms with Crippen LogP contribution in [-0.4, -0.2) is 41.8 Å². The van der Waals surface area contributed by atoms with E-state index in [9.17, 15) is 9.90 Å². The first-order valence-corrected chi connectivity index (χ1v) is 10.3. The highest BCUT2D eigenvalue weighted by Gasteiger charge is 2.43. The van der Waals surface area contributed by atoms with Crippen LogP contribution in [0.25, 0.3) is 6.08 Å². The van der Waals surface area contributed by atoms with Crippen molar-refractivity contribution >= 4 is 12.0 Å². The third kappa shape index (κ3) is 5.16. The molecule has 0 radical (unpaired) electrons. The van der Waals surface area contributed by atoms with E-state index in [1.165, 1.54) is 0 Å². The van der Waals surface area contributed by atoms with E-state index >= 15 is 0 Å². The van der Waals surface area contributed by atoms with Crippen LogP contribution in [0.1, 0.15) is 55.6 Å². The molecule has 1 aromatic carbocycles. The number of rotatable bonds is 0. The summed E-state index contributed by atoms with van der Waals surface area (Å²) in [4.78, 5) is 12.8. The third-order valence-electron chi connectivity index (χ3n) is 5.72. The molecule has 5 nitrogen and oxygen atoms in total. The molecule has 1 unspecified atom stereocenters. The van der Waals surface area contributed by atoms with E-state index < -0.39 is 18.0 Å². The number of cyclic esters (lactones) is 1. The highest BCUT2D eigenvalue weighted by molar-refractivity contribution is 5.95. The van der Waals surface area contributed by atoms with Gasteiger partial charge in [0.25, 0.3) is 0 Å². The lowest BCUT2D eigenvalue weighted by Crippen LogP contribution is -2.34. The number of carbonyl (C=O) groups is 1. The predicted molar refractivity (Wildman–Crippen MR) is 112 cm³/mol. The second-order valence-electron chi connectivity index (χ2n) is 8.63. The molecule has 2 aliphatic heterocycles. The highest BCUT2D eigenvalue weighted by Crippen LogP contribution is 2.33. The standard InChI is InChI=1S/C24H32O5/c1-15-12-13-19(25)22-20(28-24(4,5)29-22)11-7-10-18-9-6-8-16(2)21(18)23(26)27-14-17(15)3/h6-10,12-13,15,17,19-20,22,25H,11,14H2,1-5H3/b10-7+,13-12-/t15-,17+,19?,20+,22-/m1/s1. The molecule has 0 aliphatic carbocycles. The molecule has 0 amide bonds. The van der Waals surface area contributed by atoms with Crippen LogP contribution in [-0.2, 0) is 14.2 Å². The van der Waals surface area contributed by atoms with Gasteiger partial charge in [-0.1, -0.05) is 56.4 Å². The van der Waals surface area contributed by atoms with E-state index in [-0.39, 0.29) is 23.9 Å². The first-order chi connectivity index (χ1) is 13.7. The molecule has 5 heteroatoms. The van der Waals surface area contributed by atoms with Crippen LogP contribution >= 0.6 is 0 Å². The van der Waals surface area contributed by atoms with E-state index in [1.807, 2.05) is 71.0 Å². The Bertz CT molecular complexity index is 794. The molecule has 1 saturated heterocycles. The van der Waals surface area contributed by atoms with E-state index in [0.29, 0.717) is 18.6 Å². The number of fused-ring (bicyclic) bond motifs is 2. The molecule has 1 aromatic rings. The summed E-state index contributed by atoms with van der Waals surface area (Å²) in [6.07, 6.45) is 6.68. The molecule has 2 heterocycles. The number of aliphatic hydroxyl groups is 1. The van der Waals surface area contributed by atoms with Gasteiger partial charge in [0.1, 0.15) is 12.2 Å². The number of aliphatic hydroxyl groups excluding tert-OH is 1. The minimum Gasteiger partial charge on any atom is -0.462 e. The van der Waals surface area contributed by atoms with Crippen molar-refractivity contribution in [2.45, 2.75) is 65.1 Å². The maximum absolute atomic E-state index is 12.8. The number of aryl methyl sites for hydroxylation is 1. The van der Waals surface area contributed by atoms with Gasteiger partial charge in [0.2, 0.25) is 0 Å². The lowest BCUT2D eigenvalue weighted by molar-refractivity contribution is -0.152. The molecule has 1 fully saturated rings. The number of benzene rings is 1.